The number of hydrogen-bond donors (Lipinski definition) is 1. The van der Waals surface area contributed by atoms with Crippen LogP contribution in [0.4, 0.5) is 8.78 Å². The van der Waals surface area contributed by atoms with Gasteiger partial charge in [-0.3, -0.25) is 4.79 Å². The molecule has 0 bridgehead atoms. The van der Waals surface area contributed by atoms with Gasteiger partial charge in [0.1, 0.15) is 11.6 Å². The van der Waals surface area contributed by atoms with Crippen LogP contribution in [0.3, 0.4) is 0 Å². The normalized spacial score (nSPS) is 20.4. The number of piperidine rings is 1. The standard InChI is InChI=1S/C12H14F2N2O/c13-8-3-4-10(11(14)6-8)12(17)16-5-1-2-9(15)7-16/h3-4,6,9H,1-2,5,7,15H2. The van der Waals surface area contributed by atoms with Gasteiger partial charge in [0.25, 0.3) is 5.91 Å². The van der Waals surface area contributed by atoms with Crippen molar-refractivity contribution in [3.63, 3.8) is 0 Å². The van der Waals surface area contributed by atoms with E-state index in [1.54, 1.807) is 0 Å². The van der Waals surface area contributed by atoms with Crippen molar-refractivity contribution in [1.29, 1.82) is 0 Å². The van der Waals surface area contributed by atoms with Crippen LogP contribution in [0.2, 0.25) is 0 Å². The Hall–Kier alpha value is -1.49. The van der Waals surface area contributed by atoms with Crippen LogP contribution in [0.25, 0.3) is 0 Å². The smallest absolute Gasteiger partial charge is 0.256 e. The first-order valence-electron chi connectivity index (χ1n) is 5.58. The number of likely N-dealkylation sites (tertiary alicyclic amines) is 1. The molecule has 1 atom stereocenters. The van der Waals surface area contributed by atoms with Gasteiger partial charge in [0.2, 0.25) is 0 Å². The summed E-state index contributed by atoms with van der Waals surface area (Å²) in [7, 11) is 0. The predicted octanol–water partition coefficient (Wildman–Crippen LogP) is 1.53. The molecule has 1 heterocycles. The number of benzene rings is 1. The lowest BCUT2D eigenvalue weighted by atomic mass is 10.1. The maximum atomic E-state index is 13.4. The number of nitrogens with two attached hydrogens (primary N) is 1. The molecule has 1 saturated heterocycles. The van der Waals surface area contributed by atoms with Crippen LogP contribution in [0.1, 0.15) is 23.2 Å². The Balaban J connectivity index is 2.18. The number of nitrogens with zero attached hydrogens (tertiary/aromatic N) is 1. The van der Waals surface area contributed by atoms with Gasteiger partial charge < -0.3 is 10.6 Å². The third kappa shape index (κ3) is 2.61. The Bertz CT molecular complexity index is 437. The van der Waals surface area contributed by atoms with E-state index in [2.05, 4.69) is 0 Å². The Kier molecular flexibility index (Phi) is 3.38. The quantitative estimate of drug-likeness (QED) is 0.809. The van der Waals surface area contributed by atoms with Crippen LogP contribution in [-0.2, 0) is 0 Å². The third-order valence-corrected chi connectivity index (χ3v) is 2.91. The number of carbonyl (C=O) groups is 1. The maximum Gasteiger partial charge on any atom is 0.256 e. The first-order chi connectivity index (χ1) is 8.08. The fraction of sp³-hybridized carbons (Fsp3) is 0.417. The fourth-order valence-corrected chi connectivity index (χ4v) is 2.03. The zero-order chi connectivity index (χ0) is 12.4. The van der Waals surface area contributed by atoms with Crippen LogP contribution in [0.15, 0.2) is 18.2 Å². The maximum absolute atomic E-state index is 13.4. The number of rotatable bonds is 1. The van der Waals surface area contributed by atoms with E-state index < -0.39 is 17.5 Å². The molecule has 0 saturated carbocycles. The molecule has 1 unspecified atom stereocenters. The second-order valence-electron chi connectivity index (χ2n) is 4.28. The molecule has 2 rings (SSSR count). The minimum atomic E-state index is -0.825. The Morgan fingerprint density at radius 3 is 2.82 bits per heavy atom. The molecule has 1 aromatic rings. The summed E-state index contributed by atoms with van der Waals surface area (Å²) >= 11 is 0. The highest BCUT2D eigenvalue weighted by Crippen LogP contribution is 2.16. The van der Waals surface area contributed by atoms with Crippen molar-refractivity contribution in [2.75, 3.05) is 13.1 Å². The lowest BCUT2D eigenvalue weighted by Crippen LogP contribution is -2.45. The minimum absolute atomic E-state index is 0.0591. The highest BCUT2D eigenvalue weighted by molar-refractivity contribution is 5.94. The zero-order valence-corrected chi connectivity index (χ0v) is 9.33. The van der Waals surface area contributed by atoms with E-state index in [1.807, 2.05) is 0 Å². The van der Waals surface area contributed by atoms with Crippen LogP contribution >= 0.6 is 0 Å². The van der Waals surface area contributed by atoms with E-state index in [-0.39, 0.29) is 11.6 Å². The fourth-order valence-electron chi connectivity index (χ4n) is 2.03. The van der Waals surface area contributed by atoms with Crippen LogP contribution in [0, 0.1) is 11.6 Å². The molecule has 0 aromatic heterocycles. The molecule has 1 aliphatic heterocycles. The number of carbonyl (C=O) groups excluding carboxylic acids is 1. The molecule has 2 N–H and O–H groups in total. The summed E-state index contributed by atoms with van der Waals surface area (Å²) in [6.07, 6.45) is 1.69. The van der Waals surface area contributed by atoms with Gasteiger partial charge in [-0.25, -0.2) is 8.78 Å². The molecule has 0 spiro atoms. The van der Waals surface area contributed by atoms with Crippen molar-refractivity contribution >= 4 is 5.91 Å². The van der Waals surface area contributed by atoms with E-state index in [9.17, 15) is 13.6 Å². The highest BCUT2D eigenvalue weighted by atomic mass is 19.1. The van der Waals surface area contributed by atoms with Crippen molar-refractivity contribution in [3.05, 3.63) is 35.4 Å². The molecule has 1 fully saturated rings. The molecule has 1 amide bonds. The molecular formula is C12H14F2N2O. The average Bonchev–Trinajstić information content (AvgIpc) is 2.28. The Morgan fingerprint density at radius 2 is 2.18 bits per heavy atom. The summed E-state index contributed by atoms with van der Waals surface area (Å²) in [5.74, 6) is -1.93. The monoisotopic (exact) mass is 240 g/mol. The van der Waals surface area contributed by atoms with Gasteiger partial charge in [0, 0.05) is 25.2 Å². The lowest BCUT2D eigenvalue weighted by Gasteiger charge is -2.30. The number of halogens is 2. The van der Waals surface area contributed by atoms with Crippen molar-refractivity contribution < 1.29 is 13.6 Å². The molecule has 1 aromatic carbocycles. The second kappa shape index (κ2) is 4.79. The summed E-state index contributed by atoms with van der Waals surface area (Å²) in [4.78, 5) is 13.5. The number of amides is 1. The summed E-state index contributed by atoms with van der Waals surface area (Å²) in [5.41, 5.74) is 5.66. The van der Waals surface area contributed by atoms with Crippen LogP contribution in [-0.4, -0.2) is 29.9 Å². The predicted molar refractivity (Wildman–Crippen MR) is 59.5 cm³/mol. The highest BCUT2D eigenvalue weighted by Gasteiger charge is 2.24. The molecule has 5 heteroatoms. The number of hydrogen-bond acceptors (Lipinski definition) is 2. The van der Waals surface area contributed by atoms with Gasteiger partial charge >= 0.3 is 0 Å². The molecule has 0 aliphatic carbocycles. The SMILES string of the molecule is NC1CCCN(C(=O)c2ccc(F)cc2F)C1. The van der Waals surface area contributed by atoms with Gasteiger partial charge in [0.05, 0.1) is 5.56 Å². The van der Waals surface area contributed by atoms with Crippen molar-refractivity contribution in [2.24, 2.45) is 5.73 Å². The van der Waals surface area contributed by atoms with E-state index in [4.69, 9.17) is 5.73 Å². The average molecular weight is 240 g/mol. The van der Waals surface area contributed by atoms with Crippen LogP contribution in [0.5, 0.6) is 0 Å². The minimum Gasteiger partial charge on any atom is -0.337 e. The molecule has 0 radical (unpaired) electrons. The first kappa shape index (κ1) is 12.0. The summed E-state index contributed by atoms with van der Waals surface area (Å²) in [5, 5.41) is 0. The van der Waals surface area contributed by atoms with E-state index in [0.29, 0.717) is 13.1 Å². The summed E-state index contributed by atoms with van der Waals surface area (Å²) in [6, 6.07) is 2.92. The van der Waals surface area contributed by atoms with E-state index in [0.717, 1.165) is 25.0 Å². The van der Waals surface area contributed by atoms with E-state index in [1.165, 1.54) is 11.0 Å². The summed E-state index contributed by atoms with van der Waals surface area (Å²) < 4.78 is 26.2. The molecule has 92 valence electrons. The van der Waals surface area contributed by atoms with Crippen molar-refractivity contribution in [2.45, 2.75) is 18.9 Å². The van der Waals surface area contributed by atoms with Gasteiger partial charge in [-0.15, -0.1) is 0 Å². The lowest BCUT2D eigenvalue weighted by molar-refractivity contribution is 0.0704. The van der Waals surface area contributed by atoms with Crippen molar-refractivity contribution in [3.8, 4) is 0 Å². The Morgan fingerprint density at radius 1 is 1.41 bits per heavy atom. The van der Waals surface area contributed by atoms with Gasteiger partial charge in [-0.1, -0.05) is 0 Å². The molecular weight excluding hydrogens is 226 g/mol. The second-order valence-corrected chi connectivity index (χ2v) is 4.28. The largest absolute Gasteiger partial charge is 0.337 e. The zero-order valence-electron chi connectivity index (χ0n) is 9.33. The third-order valence-electron chi connectivity index (χ3n) is 2.91. The summed E-state index contributed by atoms with van der Waals surface area (Å²) in [6.45, 7) is 0.999. The van der Waals surface area contributed by atoms with Gasteiger partial charge in [-0.2, -0.15) is 0 Å². The molecule has 17 heavy (non-hydrogen) atoms. The van der Waals surface area contributed by atoms with Gasteiger partial charge in [0.15, 0.2) is 0 Å². The molecule has 3 nitrogen and oxygen atoms in total. The van der Waals surface area contributed by atoms with Crippen LogP contribution < -0.4 is 5.73 Å². The molecule has 1 aliphatic rings. The van der Waals surface area contributed by atoms with E-state index >= 15 is 0 Å². The first-order valence-corrected chi connectivity index (χ1v) is 5.58. The van der Waals surface area contributed by atoms with Crippen molar-refractivity contribution in [1.82, 2.24) is 4.90 Å². The van der Waals surface area contributed by atoms with Gasteiger partial charge in [-0.05, 0) is 25.0 Å². The Labute approximate surface area is 98.2 Å². The topological polar surface area (TPSA) is 46.3 Å².